The Morgan fingerprint density at radius 3 is 2.05 bits per heavy atom. The summed E-state index contributed by atoms with van der Waals surface area (Å²) in [5.74, 6) is -0.909. The van der Waals surface area contributed by atoms with Crippen LogP contribution in [0.3, 0.4) is 0 Å². The van der Waals surface area contributed by atoms with E-state index in [-0.39, 0.29) is 5.92 Å². The van der Waals surface area contributed by atoms with E-state index in [0.29, 0.717) is 5.71 Å². The number of aromatic nitrogens is 1. The topological polar surface area (TPSA) is 82.2 Å². The van der Waals surface area contributed by atoms with Crippen molar-refractivity contribution in [3.63, 3.8) is 0 Å². The van der Waals surface area contributed by atoms with Gasteiger partial charge in [0.15, 0.2) is 0 Å². The first-order valence-corrected chi connectivity index (χ1v) is 14.0. The van der Waals surface area contributed by atoms with E-state index in [1.54, 1.807) is 0 Å². The van der Waals surface area contributed by atoms with Crippen LogP contribution in [-0.4, -0.2) is 27.9 Å². The first-order valence-electron chi connectivity index (χ1n) is 14.0. The molecule has 7 heteroatoms. The highest BCUT2D eigenvalue weighted by Gasteiger charge is 2.22. The summed E-state index contributed by atoms with van der Waals surface area (Å²) in [6, 6.07) is 30.6. The molecule has 1 aromatic heterocycles. The molecule has 7 nitrogen and oxygen atoms in total. The minimum atomic E-state index is -0.467. The highest BCUT2D eigenvalue weighted by molar-refractivity contribution is 6.14. The van der Waals surface area contributed by atoms with Crippen LogP contribution in [-0.2, 0) is 25.7 Å². The summed E-state index contributed by atoms with van der Waals surface area (Å²) in [7, 11) is 0. The highest BCUT2D eigenvalue weighted by Crippen LogP contribution is 2.33. The van der Waals surface area contributed by atoms with Gasteiger partial charge in [-0.15, -0.1) is 0 Å². The summed E-state index contributed by atoms with van der Waals surface area (Å²) in [4.78, 5) is 33.3. The van der Waals surface area contributed by atoms with Gasteiger partial charge in [0.1, 0.15) is 0 Å². The Bertz CT molecular complexity index is 1820. The summed E-state index contributed by atoms with van der Waals surface area (Å²) < 4.78 is 2.16. The fourth-order valence-electron chi connectivity index (χ4n) is 5.26. The molecule has 0 amide bonds. The maximum absolute atomic E-state index is 11.8. The van der Waals surface area contributed by atoms with E-state index in [4.69, 9.17) is 9.68 Å². The average molecular weight is 560 g/mol. The predicted molar refractivity (Wildman–Crippen MR) is 167 cm³/mol. The molecule has 0 bridgehead atoms. The van der Waals surface area contributed by atoms with Crippen molar-refractivity contribution in [2.45, 2.75) is 40.5 Å². The molecule has 1 heterocycles. The lowest BCUT2D eigenvalue weighted by Crippen LogP contribution is -2.15. The number of carbonyl (C=O) groups is 2. The summed E-state index contributed by atoms with van der Waals surface area (Å²) in [5, 5.41) is 11.4. The van der Waals surface area contributed by atoms with E-state index in [1.165, 1.54) is 19.4 Å². The Hall–Kier alpha value is -5.04. The highest BCUT2D eigenvalue weighted by atomic mass is 16.7. The van der Waals surface area contributed by atoms with Crippen LogP contribution in [0.2, 0.25) is 0 Å². The molecule has 1 atom stereocenters. The van der Waals surface area contributed by atoms with Crippen molar-refractivity contribution in [1.82, 2.24) is 4.57 Å². The first-order chi connectivity index (χ1) is 20.3. The van der Waals surface area contributed by atoms with Crippen LogP contribution in [0.15, 0.2) is 108 Å². The van der Waals surface area contributed by atoms with Gasteiger partial charge < -0.3 is 14.2 Å². The molecule has 0 spiro atoms. The molecule has 0 radical (unpaired) electrons. The Labute approximate surface area is 245 Å². The van der Waals surface area contributed by atoms with Crippen molar-refractivity contribution >= 4 is 45.0 Å². The van der Waals surface area contributed by atoms with Gasteiger partial charge in [-0.25, -0.2) is 9.59 Å². The molecule has 5 rings (SSSR count). The first kappa shape index (κ1) is 28.5. The molecular weight excluding hydrogens is 526 g/mol. The second-order valence-corrected chi connectivity index (χ2v) is 10.4. The van der Waals surface area contributed by atoms with Crippen molar-refractivity contribution in [3.8, 4) is 5.69 Å². The van der Waals surface area contributed by atoms with Gasteiger partial charge in [-0.05, 0) is 42.8 Å². The van der Waals surface area contributed by atoms with E-state index in [0.717, 1.165) is 57.0 Å². The van der Waals surface area contributed by atoms with Gasteiger partial charge in [0, 0.05) is 47.9 Å². The third-order valence-electron chi connectivity index (χ3n) is 7.30. The Morgan fingerprint density at radius 2 is 1.33 bits per heavy atom. The minimum Gasteiger partial charge on any atom is -0.318 e. The predicted octanol–water partition coefficient (Wildman–Crippen LogP) is 7.61. The van der Waals surface area contributed by atoms with E-state index in [1.807, 2.05) is 67.6 Å². The summed E-state index contributed by atoms with van der Waals surface area (Å²) in [6.45, 7) is 6.63. The quantitative estimate of drug-likeness (QED) is 0.106. The van der Waals surface area contributed by atoms with Gasteiger partial charge in [-0.1, -0.05) is 96.1 Å². The second kappa shape index (κ2) is 12.6. The number of rotatable bonds is 9. The van der Waals surface area contributed by atoms with Crippen LogP contribution in [0.5, 0.6) is 0 Å². The van der Waals surface area contributed by atoms with Gasteiger partial charge in [-0.3, -0.25) is 0 Å². The maximum atomic E-state index is 11.8. The molecule has 42 heavy (non-hydrogen) atoms. The van der Waals surface area contributed by atoms with Crippen molar-refractivity contribution in [2.24, 2.45) is 16.2 Å². The lowest BCUT2D eigenvalue weighted by atomic mass is 9.92. The van der Waals surface area contributed by atoms with E-state index in [9.17, 15) is 9.59 Å². The zero-order valence-electron chi connectivity index (χ0n) is 24.2. The van der Waals surface area contributed by atoms with Gasteiger partial charge in [0.2, 0.25) is 0 Å². The number of benzene rings is 4. The molecule has 4 aromatic carbocycles. The van der Waals surface area contributed by atoms with Crippen LogP contribution in [0.1, 0.15) is 50.8 Å². The fraction of sp³-hybridized carbons (Fsp3) is 0.200. The number of oxime groups is 2. The summed E-state index contributed by atoms with van der Waals surface area (Å²) in [5.41, 5.74) is 6.34. The standard InChI is InChI=1S/C35H33N3O4/c1-23(18-19-27-12-6-5-7-13-27)35(37-42-26(4)40)32-22-38(33-17-11-10-16-31(32)33)34-21-20-28(24(2)36-41-25(3)39)29-14-8-9-15-30(29)34/h5-17,20-23H,18-19H2,1-4H3/b36-24+,37-35+. The zero-order valence-corrected chi connectivity index (χ0v) is 24.2. The molecule has 0 aliphatic heterocycles. The normalized spacial score (nSPS) is 12.9. The van der Waals surface area contributed by atoms with Crippen molar-refractivity contribution in [3.05, 3.63) is 114 Å². The van der Waals surface area contributed by atoms with Crippen LogP contribution in [0.4, 0.5) is 0 Å². The number of fused-ring (bicyclic) bond motifs is 2. The average Bonchev–Trinajstić information content (AvgIpc) is 3.38. The Balaban J connectivity index is 1.63. The number of nitrogens with zero attached hydrogens (tertiary/aromatic N) is 3. The van der Waals surface area contributed by atoms with Crippen LogP contribution >= 0.6 is 0 Å². The van der Waals surface area contributed by atoms with Gasteiger partial charge in [0.25, 0.3) is 0 Å². The summed E-state index contributed by atoms with van der Waals surface area (Å²) >= 11 is 0. The lowest BCUT2D eigenvalue weighted by Gasteiger charge is -2.14. The van der Waals surface area contributed by atoms with E-state index < -0.39 is 11.9 Å². The van der Waals surface area contributed by atoms with Crippen LogP contribution in [0, 0.1) is 5.92 Å². The molecule has 0 N–H and O–H groups in total. The van der Waals surface area contributed by atoms with Crippen molar-refractivity contribution in [2.75, 3.05) is 0 Å². The Morgan fingerprint density at radius 1 is 0.714 bits per heavy atom. The largest absolute Gasteiger partial charge is 0.331 e. The number of aryl methyl sites for hydroxylation is 1. The van der Waals surface area contributed by atoms with Gasteiger partial charge in [0.05, 0.1) is 22.6 Å². The second-order valence-electron chi connectivity index (χ2n) is 10.4. The van der Waals surface area contributed by atoms with Crippen molar-refractivity contribution < 1.29 is 19.3 Å². The maximum Gasteiger partial charge on any atom is 0.331 e. The van der Waals surface area contributed by atoms with Crippen LogP contribution < -0.4 is 0 Å². The van der Waals surface area contributed by atoms with E-state index >= 15 is 0 Å². The molecule has 0 fully saturated rings. The molecule has 0 saturated carbocycles. The number of para-hydroxylation sites is 1. The molecule has 0 aliphatic carbocycles. The zero-order chi connectivity index (χ0) is 29.6. The molecule has 1 unspecified atom stereocenters. The molecule has 5 aromatic rings. The fourth-order valence-corrected chi connectivity index (χ4v) is 5.26. The number of carbonyl (C=O) groups excluding carboxylic acids is 2. The van der Waals surface area contributed by atoms with E-state index in [2.05, 4.69) is 58.3 Å². The van der Waals surface area contributed by atoms with Gasteiger partial charge >= 0.3 is 11.9 Å². The molecular formula is C35H33N3O4. The monoisotopic (exact) mass is 559 g/mol. The third kappa shape index (κ3) is 6.15. The third-order valence-corrected chi connectivity index (χ3v) is 7.30. The molecule has 0 aliphatic rings. The minimum absolute atomic E-state index is 0.0167. The molecule has 0 saturated heterocycles. The summed E-state index contributed by atoms with van der Waals surface area (Å²) in [6.07, 6.45) is 3.79. The van der Waals surface area contributed by atoms with Gasteiger partial charge in [-0.2, -0.15) is 0 Å². The number of hydrogen-bond donors (Lipinski definition) is 0. The van der Waals surface area contributed by atoms with Crippen molar-refractivity contribution in [1.29, 1.82) is 0 Å². The SMILES string of the molecule is CC(=O)O/N=C(\C)c1ccc(-n2cc(/C(=N/OC(C)=O)C(C)CCc3ccccc3)c3ccccc32)c2ccccc12. The smallest absolute Gasteiger partial charge is 0.318 e. The Kier molecular flexibility index (Phi) is 8.58. The molecule has 212 valence electrons. The van der Waals surface area contributed by atoms with Crippen LogP contribution in [0.25, 0.3) is 27.4 Å². The lowest BCUT2D eigenvalue weighted by molar-refractivity contribution is -0.141. The number of hydrogen-bond acceptors (Lipinski definition) is 6.